The zero-order chi connectivity index (χ0) is 11.3. The minimum atomic E-state index is -0.687. The summed E-state index contributed by atoms with van der Waals surface area (Å²) in [6, 6.07) is 4.62. The van der Waals surface area contributed by atoms with E-state index in [-0.39, 0.29) is 23.6 Å². The van der Waals surface area contributed by atoms with E-state index in [0.717, 1.165) is 0 Å². The number of isothiocyanates is 1. The molecule has 1 aromatic rings. The van der Waals surface area contributed by atoms with Gasteiger partial charge < -0.3 is 4.74 Å². The summed E-state index contributed by atoms with van der Waals surface area (Å²) in [7, 11) is 0. The molecule has 0 spiro atoms. The Kier molecular flexibility index (Phi) is 3.92. The highest BCUT2D eigenvalue weighted by Gasteiger charge is 2.13. The quantitative estimate of drug-likeness (QED) is 0.583. The molecule has 0 saturated heterocycles. The van der Waals surface area contributed by atoms with E-state index in [1.807, 2.05) is 6.07 Å². The number of rotatable bonds is 3. The van der Waals surface area contributed by atoms with E-state index in [1.54, 1.807) is 6.92 Å². The number of nitrogens with zero attached hydrogens (tertiary/aromatic N) is 2. The third kappa shape index (κ3) is 2.38. The average Bonchev–Trinajstić information content (AvgIpc) is 2.25. The highest BCUT2D eigenvalue weighted by atomic mass is 32.1. The summed E-state index contributed by atoms with van der Waals surface area (Å²) in [6.45, 7) is 1.98. The van der Waals surface area contributed by atoms with Crippen LogP contribution in [0.4, 0.5) is 10.1 Å². The molecule has 0 aliphatic rings. The molecule has 0 saturated carbocycles. The summed E-state index contributed by atoms with van der Waals surface area (Å²) < 4.78 is 18.7. The molecule has 0 heterocycles. The van der Waals surface area contributed by atoms with Gasteiger partial charge in [0.2, 0.25) is 0 Å². The van der Waals surface area contributed by atoms with Crippen LogP contribution < -0.4 is 4.74 Å². The summed E-state index contributed by atoms with van der Waals surface area (Å²) in [4.78, 5) is 3.52. The van der Waals surface area contributed by atoms with E-state index in [9.17, 15) is 4.39 Å². The summed E-state index contributed by atoms with van der Waals surface area (Å²) in [6.07, 6.45) is 0. The largest absolute Gasteiger partial charge is 0.489 e. The van der Waals surface area contributed by atoms with Crippen LogP contribution in [0.25, 0.3) is 0 Å². The van der Waals surface area contributed by atoms with Gasteiger partial charge in [0.15, 0.2) is 11.6 Å². The molecule has 0 N–H and O–H groups in total. The fourth-order valence-electron chi connectivity index (χ4n) is 1.05. The van der Waals surface area contributed by atoms with Crippen LogP contribution in [0.2, 0.25) is 0 Å². The van der Waals surface area contributed by atoms with Crippen LogP contribution in [0.3, 0.4) is 0 Å². The van der Waals surface area contributed by atoms with Gasteiger partial charge in [0.05, 0.1) is 17.3 Å². The molecule has 3 nitrogen and oxygen atoms in total. The Morgan fingerprint density at radius 1 is 1.60 bits per heavy atom. The van der Waals surface area contributed by atoms with Crippen molar-refractivity contribution in [2.75, 3.05) is 6.61 Å². The molecular weight excluding hydrogens is 215 g/mol. The van der Waals surface area contributed by atoms with E-state index in [0.29, 0.717) is 0 Å². The SMILES string of the molecule is CCOc1c(C#N)ccc(N=C=S)c1F. The first-order chi connectivity index (χ1) is 7.24. The standard InChI is InChI=1S/C10H7FN2OS/c1-2-14-10-7(5-12)3-4-8(9(10)11)13-6-15/h3-4H,2H2,1H3. The second-order valence-electron chi connectivity index (χ2n) is 2.52. The first-order valence-electron chi connectivity index (χ1n) is 4.17. The number of hydrogen-bond acceptors (Lipinski definition) is 4. The molecule has 0 aliphatic carbocycles. The van der Waals surface area contributed by atoms with E-state index in [4.69, 9.17) is 10.00 Å². The van der Waals surface area contributed by atoms with E-state index in [1.165, 1.54) is 12.1 Å². The lowest BCUT2D eigenvalue weighted by Crippen LogP contribution is -1.97. The lowest BCUT2D eigenvalue weighted by Gasteiger charge is -2.07. The minimum absolute atomic E-state index is 0.0208. The van der Waals surface area contributed by atoms with Gasteiger partial charge in [-0.25, -0.2) is 4.39 Å². The molecule has 76 valence electrons. The second kappa shape index (κ2) is 5.20. The van der Waals surface area contributed by atoms with Gasteiger partial charge in [-0.15, -0.1) is 0 Å². The van der Waals surface area contributed by atoms with Crippen molar-refractivity contribution in [1.29, 1.82) is 5.26 Å². The Bertz CT molecular complexity index is 461. The first-order valence-corrected chi connectivity index (χ1v) is 4.58. The lowest BCUT2D eigenvalue weighted by atomic mass is 10.2. The zero-order valence-electron chi connectivity index (χ0n) is 7.95. The van der Waals surface area contributed by atoms with Gasteiger partial charge >= 0.3 is 0 Å². The Morgan fingerprint density at radius 2 is 2.33 bits per heavy atom. The van der Waals surface area contributed by atoms with Gasteiger partial charge in [-0.1, -0.05) is 0 Å². The van der Waals surface area contributed by atoms with Crippen molar-refractivity contribution in [3.05, 3.63) is 23.5 Å². The average molecular weight is 222 g/mol. The molecule has 0 unspecified atom stereocenters. The monoisotopic (exact) mass is 222 g/mol. The van der Waals surface area contributed by atoms with Crippen LogP contribution in [0.1, 0.15) is 12.5 Å². The highest BCUT2D eigenvalue weighted by Crippen LogP contribution is 2.30. The second-order valence-corrected chi connectivity index (χ2v) is 2.71. The minimum Gasteiger partial charge on any atom is -0.489 e. The molecule has 15 heavy (non-hydrogen) atoms. The van der Waals surface area contributed by atoms with Crippen molar-refractivity contribution < 1.29 is 9.13 Å². The Hall–Kier alpha value is -1.76. The van der Waals surface area contributed by atoms with Gasteiger partial charge in [-0.2, -0.15) is 10.3 Å². The van der Waals surface area contributed by atoms with Crippen molar-refractivity contribution >= 4 is 23.1 Å². The Balaban J connectivity index is 3.36. The van der Waals surface area contributed by atoms with Gasteiger partial charge in [0.25, 0.3) is 0 Å². The van der Waals surface area contributed by atoms with Crippen molar-refractivity contribution in [1.82, 2.24) is 0 Å². The number of aliphatic imine (C=N–C) groups is 1. The molecule has 0 aromatic heterocycles. The summed E-state index contributed by atoms with van der Waals surface area (Å²) in [5, 5.41) is 10.8. The Labute approximate surface area is 91.8 Å². The third-order valence-electron chi connectivity index (χ3n) is 1.65. The smallest absolute Gasteiger partial charge is 0.192 e. The summed E-state index contributed by atoms with van der Waals surface area (Å²) in [5.41, 5.74) is 0.158. The van der Waals surface area contributed by atoms with E-state index in [2.05, 4.69) is 22.4 Å². The number of nitriles is 1. The zero-order valence-corrected chi connectivity index (χ0v) is 8.77. The number of thiocarbonyl (C=S) groups is 1. The van der Waals surface area contributed by atoms with Crippen LogP contribution in [0.5, 0.6) is 5.75 Å². The number of halogens is 1. The molecule has 0 bridgehead atoms. The molecule has 5 heteroatoms. The van der Waals surface area contributed by atoms with Crippen molar-refractivity contribution in [3.8, 4) is 11.8 Å². The van der Waals surface area contributed by atoms with Crippen molar-refractivity contribution in [2.45, 2.75) is 6.92 Å². The van der Waals surface area contributed by atoms with Gasteiger partial charge in [-0.3, -0.25) is 0 Å². The maximum absolute atomic E-state index is 13.6. The maximum Gasteiger partial charge on any atom is 0.192 e. The van der Waals surface area contributed by atoms with Crippen LogP contribution >= 0.6 is 12.2 Å². The van der Waals surface area contributed by atoms with Crippen LogP contribution in [-0.2, 0) is 0 Å². The molecule has 0 fully saturated rings. The van der Waals surface area contributed by atoms with Crippen molar-refractivity contribution in [2.24, 2.45) is 4.99 Å². The topological polar surface area (TPSA) is 45.4 Å². The fraction of sp³-hybridized carbons (Fsp3) is 0.200. The summed E-state index contributed by atoms with van der Waals surface area (Å²) in [5.74, 6) is -0.778. The van der Waals surface area contributed by atoms with Crippen LogP contribution in [-0.4, -0.2) is 11.8 Å². The predicted molar refractivity (Wildman–Crippen MR) is 57.0 cm³/mol. The van der Waals surface area contributed by atoms with Crippen LogP contribution in [0, 0.1) is 17.1 Å². The normalized spacial score (nSPS) is 8.87. The number of ether oxygens (including phenoxy) is 1. The molecular formula is C10H7FN2OS. The van der Waals surface area contributed by atoms with Gasteiger partial charge in [0.1, 0.15) is 11.8 Å². The van der Waals surface area contributed by atoms with Gasteiger partial charge in [-0.05, 0) is 31.3 Å². The highest BCUT2D eigenvalue weighted by molar-refractivity contribution is 7.78. The molecule has 0 radical (unpaired) electrons. The molecule has 1 rings (SSSR count). The maximum atomic E-state index is 13.6. The molecule has 0 aliphatic heterocycles. The van der Waals surface area contributed by atoms with Gasteiger partial charge in [0, 0.05) is 0 Å². The third-order valence-corrected chi connectivity index (χ3v) is 1.74. The number of hydrogen-bond donors (Lipinski definition) is 0. The predicted octanol–water partition coefficient (Wildman–Crippen LogP) is 2.83. The molecule has 0 amide bonds. The molecule has 0 atom stereocenters. The molecule has 1 aromatic carbocycles. The van der Waals surface area contributed by atoms with E-state index >= 15 is 0 Å². The first kappa shape index (κ1) is 11.3. The summed E-state index contributed by atoms with van der Waals surface area (Å²) >= 11 is 4.37. The van der Waals surface area contributed by atoms with E-state index < -0.39 is 5.82 Å². The van der Waals surface area contributed by atoms with Crippen LogP contribution in [0.15, 0.2) is 17.1 Å². The fourth-order valence-corrected chi connectivity index (χ4v) is 1.15. The van der Waals surface area contributed by atoms with Crippen molar-refractivity contribution in [3.63, 3.8) is 0 Å². The Morgan fingerprint density at radius 3 is 2.87 bits per heavy atom. The number of benzene rings is 1. The lowest BCUT2D eigenvalue weighted by molar-refractivity contribution is 0.321.